The van der Waals surface area contributed by atoms with E-state index in [1.165, 1.54) is 0 Å². The molecule has 1 heterocycles. The maximum atomic E-state index is 12.1. The Morgan fingerprint density at radius 1 is 1.00 bits per heavy atom. The molecular formula is C15H29N3O2. The third-order valence-corrected chi connectivity index (χ3v) is 3.95. The molecule has 0 spiro atoms. The van der Waals surface area contributed by atoms with Gasteiger partial charge in [-0.05, 0) is 25.3 Å². The van der Waals surface area contributed by atoms with E-state index in [0.29, 0.717) is 45.1 Å². The molecule has 0 radical (unpaired) electrons. The minimum Gasteiger partial charge on any atom is -0.339 e. The molecule has 0 bridgehead atoms. The number of amides is 2. The minimum absolute atomic E-state index is 0.0364. The van der Waals surface area contributed by atoms with Gasteiger partial charge in [0, 0.05) is 38.5 Å². The van der Waals surface area contributed by atoms with Gasteiger partial charge in [-0.25, -0.2) is 0 Å². The Hall–Kier alpha value is -1.10. The third kappa shape index (κ3) is 5.12. The summed E-state index contributed by atoms with van der Waals surface area (Å²) in [6.07, 6.45) is 2.48. The highest BCUT2D eigenvalue weighted by atomic mass is 16.2. The highest BCUT2D eigenvalue weighted by Crippen LogP contribution is 2.13. The molecule has 1 rings (SSSR count). The van der Waals surface area contributed by atoms with E-state index < -0.39 is 0 Å². The van der Waals surface area contributed by atoms with Crippen LogP contribution in [-0.2, 0) is 9.59 Å². The fourth-order valence-corrected chi connectivity index (χ4v) is 2.50. The lowest BCUT2D eigenvalue weighted by Gasteiger charge is -2.35. The van der Waals surface area contributed by atoms with Gasteiger partial charge in [-0.1, -0.05) is 20.8 Å². The Bertz CT molecular complexity index is 323. The van der Waals surface area contributed by atoms with Crippen LogP contribution in [0.25, 0.3) is 0 Å². The molecule has 20 heavy (non-hydrogen) atoms. The second-order valence-electron chi connectivity index (χ2n) is 6.08. The minimum atomic E-state index is 0.0364. The fourth-order valence-electron chi connectivity index (χ4n) is 2.50. The first-order valence-corrected chi connectivity index (χ1v) is 7.72. The summed E-state index contributed by atoms with van der Waals surface area (Å²) in [4.78, 5) is 27.7. The molecule has 1 fully saturated rings. The SMILES string of the molecule is CC(CCN)CCC(=O)N1CCN(C(=O)C(C)C)CC1. The average molecular weight is 283 g/mol. The lowest BCUT2D eigenvalue weighted by atomic mass is 10.0. The molecule has 1 aliphatic rings. The second kappa shape index (κ2) is 8.25. The number of rotatable bonds is 6. The van der Waals surface area contributed by atoms with Crippen LogP contribution in [0.4, 0.5) is 0 Å². The summed E-state index contributed by atoms with van der Waals surface area (Å²) in [6.45, 7) is 9.33. The van der Waals surface area contributed by atoms with Crippen LogP contribution in [0.2, 0.25) is 0 Å². The molecule has 0 aromatic heterocycles. The molecule has 5 heteroatoms. The zero-order valence-electron chi connectivity index (χ0n) is 13.1. The second-order valence-corrected chi connectivity index (χ2v) is 6.08. The predicted octanol–water partition coefficient (Wildman–Crippen LogP) is 1.08. The van der Waals surface area contributed by atoms with Crippen LogP contribution in [0.3, 0.4) is 0 Å². The first kappa shape index (κ1) is 17.0. The zero-order chi connectivity index (χ0) is 15.1. The Labute approximate surface area is 122 Å². The molecule has 5 nitrogen and oxygen atoms in total. The van der Waals surface area contributed by atoms with Gasteiger partial charge in [-0.2, -0.15) is 0 Å². The fraction of sp³-hybridized carbons (Fsp3) is 0.867. The molecule has 2 amide bonds. The third-order valence-electron chi connectivity index (χ3n) is 3.95. The Balaban J connectivity index is 2.30. The molecule has 0 aliphatic carbocycles. The molecule has 0 saturated carbocycles. The van der Waals surface area contributed by atoms with Crippen molar-refractivity contribution < 1.29 is 9.59 Å². The van der Waals surface area contributed by atoms with Gasteiger partial charge in [0.1, 0.15) is 0 Å². The van der Waals surface area contributed by atoms with Gasteiger partial charge >= 0.3 is 0 Å². The molecule has 1 saturated heterocycles. The van der Waals surface area contributed by atoms with Crippen molar-refractivity contribution in [3.63, 3.8) is 0 Å². The number of nitrogens with two attached hydrogens (primary N) is 1. The van der Waals surface area contributed by atoms with E-state index in [0.717, 1.165) is 12.8 Å². The summed E-state index contributed by atoms with van der Waals surface area (Å²) >= 11 is 0. The van der Waals surface area contributed by atoms with Crippen LogP contribution in [0.15, 0.2) is 0 Å². The quantitative estimate of drug-likeness (QED) is 0.793. The summed E-state index contributed by atoms with van der Waals surface area (Å²) in [5, 5.41) is 0. The average Bonchev–Trinajstić information content (AvgIpc) is 2.44. The maximum absolute atomic E-state index is 12.1. The van der Waals surface area contributed by atoms with Crippen molar-refractivity contribution in [2.75, 3.05) is 32.7 Å². The van der Waals surface area contributed by atoms with E-state index in [4.69, 9.17) is 5.73 Å². The van der Waals surface area contributed by atoms with Crippen molar-refractivity contribution >= 4 is 11.8 Å². The van der Waals surface area contributed by atoms with Gasteiger partial charge in [0.15, 0.2) is 0 Å². The van der Waals surface area contributed by atoms with Crippen LogP contribution >= 0.6 is 0 Å². The summed E-state index contributed by atoms with van der Waals surface area (Å²) in [7, 11) is 0. The van der Waals surface area contributed by atoms with Gasteiger partial charge in [0.2, 0.25) is 11.8 Å². The summed E-state index contributed by atoms with van der Waals surface area (Å²) in [5.41, 5.74) is 5.51. The van der Waals surface area contributed by atoms with Crippen LogP contribution in [0.5, 0.6) is 0 Å². The van der Waals surface area contributed by atoms with Crippen molar-refractivity contribution in [3.8, 4) is 0 Å². The monoisotopic (exact) mass is 283 g/mol. The van der Waals surface area contributed by atoms with Crippen molar-refractivity contribution in [2.45, 2.75) is 40.0 Å². The Kier molecular flexibility index (Phi) is 6.99. The molecule has 116 valence electrons. The number of piperazine rings is 1. The predicted molar refractivity (Wildman–Crippen MR) is 80.1 cm³/mol. The van der Waals surface area contributed by atoms with Crippen molar-refractivity contribution in [1.29, 1.82) is 0 Å². The number of carbonyl (C=O) groups is 2. The highest BCUT2D eigenvalue weighted by Gasteiger charge is 2.25. The molecule has 0 aromatic rings. The number of hydrogen-bond donors (Lipinski definition) is 1. The summed E-state index contributed by atoms with van der Waals surface area (Å²) < 4.78 is 0. The maximum Gasteiger partial charge on any atom is 0.225 e. The summed E-state index contributed by atoms with van der Waals surface area (Å²) in [5.74, 6) is 0.946. The van der Waals surface area contributed by atoms with E-state index in [9.17, 15) is 9.59 Å². The summed E-state index contributed by atoms with van der Waals surface area (Å²) in [6, 6.07) is 0. The van der Waals surface area contributed by atoms with Gasteiger partial charge in [-0.15, -0.1) is 0 Å². The Morgan fingerprint density at radius 3 is 2.05 bits per heavy atom. The first-order chi connectivity index (χ1) is 9.45. The topological polar surface area (TPSA) is 66.6 Å². The van der Waals surface area contributed by atoms with Crippen LogP contribution in [0, 0.1) is 11.8 Å². The van der Waals surface area contributed by atoms with Gasteiger partial charge < -0.3 is 15.5 Å². The van der Waals surface area contributed by atoms with Crippen molar-refractivity contribution in [1.82, 2.24) is 9.80 Å². The van der Waals surface area contributed by atoms with Crippen molar-refractivity contribution in [3.05, 3.63) is 0 Å². The first-order valence-electron chi connectivity index (χ1n) is 7.72. The molecule has 0 aromatic carbocycles. The van der Waals surface area contributed by atoms with Gasteiger partial charge in [0.05, 0.1) is 0 Å². The van der Waals surface area contributed by atoms with E-state index in [2.05, 4.69) is 6.92 Å². The normalized spacial score (nSPS) is 17.4. The molecule has 2 N–H and O–H groups in total. The van der Waals surface area contributed by atoms with Gasteiger partial charge in [-0.3, -0.25) is 9.59 Å². The Morgan fingerprint density at radius 2 is 1.55 bits per heavy atom. The largest absolute Gasteiger partial charge is 0.339 e. The lowest BCUT2D eigenvalue weighted by Crippen LogP contribution is -2.51. The standard InChI is InChI=1S/C15H29N3O2/c1-12(2)15(20)18-10-8-17(9-11-18)14(19)5-4-13(3)6-7-16/h12-13H,4-11,16H2,1-3H3. The van der Waals surface area contributed by atoms with E-state index in [-0.39, 0.29) is 17.7 Å². The van der Waals surface area contributed by atoms with Crippen LogP contribution < -0.4 is 5.73 Å². The van der Waals surface area contributed by atoms with Crippen LogP contribution in [0.1, 0.15) is 40.0 Å². The van der Waals surface area contributed by atoms with E-state index in [1.807, 2.05) is 23.6 Å². The zero-order valence-corrected chi connectivity index (χ0v) is 13.1. The number of hydrogen-bond acceptors (Lipinski definition) is 3. The van der Waals surface area contributed by atoms with E-state index >= 15 is 0 Å². The lowest BCUT2D eigenvalue weighted by molar-refractivity contribution is -0.141. The molecule has 1 aliphatic heterocycles. The molecule has 1 unspecified atom stereocenters. The number of carbonyl (C=O) groups excluding carboxylic acids is 2. The van der Waals surface area contributed by atoms with Crippen molar-refractivity contribution in [2.24, 2.45) is 17.6 Å². The molecular weight excluding hydrogens is 254 g/mol. The van der Waals surface area contributed by atoms with E-state index in [1.54, 1.807) is 0 Å². The number of nitrogens with zero attached hydrogens (tertiary/aromatic N) is 2. The van der Waals surface area contributed by atoms with Crippen LogP contribution in [-0.4, -0.2) is 54.3 Å². The smallest absolute Gasteiger partial charge is 0.225 e. The highest BCUT2D eigenvalue weighted by molar-refractivity contribution is 5.79. The van der Waals surface area contributed by atoms with Gasteiger partial charge in [0.25, 0.3) is 0 Å². The molecule has 1 atom stereocenters.